The molecule has 5 nitrogen and oxygen atoms in total. The Morgan fingerprint density at radius 2 is 1.93 bits per heavy atom. The number of piperazine rings is 1. The van der Waals surface area contributed by atoms with Gasteiger partial charge in [-0.15, -0.1) is 0 Å². The highest BCUT2D eigenvalue weighted by Gasteiger charge is 2.23. The summed E-state index contributed by atoms with van der Waals surface area (Å²) in [5.41, 5.74) is 1.78. The second-order valence-corrected chi connectivity index (χ2v) is 8.33. The van der Waals surface area contributed by atoms with E-state index in [0.29, 0.717) is 24.5 Å². The monoisotopic (exact) mass is 403 g/mol. The van der Waals surface area contributed by atoms with Crippen molar-refractivity contribution in [3.63, 3.8) is 0 Å². The number of halogens is 1. The van der Waals surface area contributed by atoms with E-state index in [2.05, 4.69) is 9.88 Å². The Kier molecular flexibility index (Phi) is 5.74. The zero-order valence-corrected chi connectivity index (χ0v) is 16.6. The number of anilines is 1. The minimum Gasteiger partial charge on any atom is -0.473 e. The number of thioether (sulfide) groups is 1. The number of rotatable bonds is 4. The van der Waals surface area contributed by atoms with Gasteiger partial charge in [0.2, 0.25) is 5.88 Å². The summed E-state index contributed by atoms with van der Waals surface area (Å²) < 4.78 is 5.92. The lowest BCUT2D eigenvalue weighted by molar-refractivity contribution is 0.0745. The summed E-state index contributed by atoms with van der Waals surface area (Å²) in [6, 6.07) is 11.4. The molecule has 0 radical (unpaired) electrons. The third-order valence-electron chi connectivity index (χ3n) is 4.92. The molecule has 0 aliphatic carbocycles. The zero-order chi connectivity index (χ0) is 18.6. The number of carbonyl (C=O) groups is 1. The molecular formula is C20H22ClN3O2S. The quantitative estimate of drug-likeness (QED) is 0.780. The van der Waals surface area contributed by atoms with E-state index in [4.69, 9.17) is 16.3 Å². The Morgan fingerprint density at radius 3 is 2.63 bits per heavy atom. The third kappa shape index (κ3) is 4.50. The minimum atomic E-state index is 0.0406. The SMILES string of the molecule is O=C(c1ccnc(OC2CCSC2)c1)N1CCN(c2ccc(Cl)cc2)CC1. The van der Waals surface area contributed by atoms with Gasteiger partial charge in [-0.1, -0.05) is 11.6 Å². The summed E-state index contributed by atoms with van der Waals surface area (Å²) in [5.74, 6) is 2.71. The molecule has 2 aliphatic rings. The van der Waals surface area contributed by atoms with Crippen LogP contribution < -0.4 is 9.64 Å². The van der Waals surface area contributed by atoms with Crippen LogP contribution in [0.25, 0.3) is 0 Å². The molecule has 2 fully saturated rings. The fraction of sp³-hybridized carbons (Fsp3) is 0.400. The molecule has 4 rings (SSSR count). The topological polar surface area (TPSA) is 45.7 Å². The standard InChI is InChI=1S/C20H22ClN3O2S/c21-16-1-3-17(4-2-16)23-8-10-24(11-9-23)20(25)15-5-7-22-19(13-15)26-18-6-12-27-14-18/h1-5,7,13,18H,6,8-12,14H2. The summed E-state index contributed by atoms with van der Waals surface area (Å²) in [4.78, 5) is 21.3. The van der Waals surface area contributed by atoms with Gasteiger partial charge in [0.25, 0.3) is 5.91 Å². The molecule has 1 atom stereocenters. The first-order valence-electron chi connectivity index (χ1n) is 9.19. The lowest BCUT2D eigenvalue weighted by Crippen LogP contribution is -2.48. The number of benzene rings is 1. The van der Waals surface area contributed by atoms with Crippen molar-refractivity contribution in [3.8, 4) is 5.88 Å². The lowest BCUT2D eigenvalue weighted by atomic mass is 10.2. The van der Waals surface area contributed by atoms with Crippen LogP contribution in [0.2, 0.25) is 5.02 Å². The molecule has 2 saturated heterocycles. The lowest BCUT2D eigenvalue weighted by Gasteiger charge is -2.36. The highest BCUT2D eigenvalue weighted by molar-refractivity contribution is 7.99. The molecule has 0 N–H and O–H groups in total. The Morgan fingerprint density at radius 1 is 1.15 bits per heavy atom. The first kappa shape index (κ1) is 18.4. The van der Waals surface area contributed by atoms with Crippen LogP contribution in [-0.4, -0.2) is 59.6 Å². The average molecular weight is 404 g/mol. The highest BCUT2D eigenvalue weighted by Crippen LogP contribution is 2.23. The van der Waals surface area contributed by atoms with Crippen LogP contribution in [0.1, 0.15) is 16.8 Å². The maximum Gasteiger partial charge on any atom is 0.254 e. The fourth-order valence-corrected chi connectivity index (χ4v) is 4.61. The minimum absolute atomic E-state index is 0.0406. The van der Waals surface area contributed by atoms with Crippen molar-refractivity contribution >= 4 is 35.0 Å². The molecule has 0 bridgehead atoms. The van der Waals surface area contributed by atoms with E-state index in [9.17, 15) is 4.79 Å². The molecule has 0 saturated carbocycles. The Labute approximate surface area is 168 Å². The van der Waals surface area contributed by atoms with Crippen molar-refractivity contribution in [3.05, 3.63) is 53.2 Å². The van der Waals surface area contributed by atoms with Crippen LogP contribution >= 0.6 is 23.4 Å². The maximum absolute atomic E-state index is 12.9. The van der Waals surface area contributed by atoms with Crippen molar-refractivity contribution in [2.45, 2.75) is 12.5 Å². The highest BCUT2D eigenvalue weighted by atomic mass is 35.5. The zero-order valence-electron chi connectivity index (χ0n) is 15.0. The molecule has 27 heavy (non-hydrogen) atoms. The van der Waals surface area contributed by atoms with E-state index in [1.807, 2.05) is 40.9 Å². The predicted molar refractivity (Wildman–Crippen MR) is 110 cm³/mol. The smallest absolute Gasteiger partial charge is 0.254 e. The van der Waals surface area contributed by atoms with Crippen LogP contribution in [0.5, 0.6) is 5.88 Å². The van der Waals surface area contributed by atoms with E-state index >= 15 is 0 Å². The molecule has 1 aromatic heterocycles. The Bertz CT molecular complexity index is 788. The molecule has 1 amide bonds. The van der Waals surface area contributed by atoms with Crippen molar-refractivity contribution < 1.29 is 9.53 Å². The summed E-state index contributed by atoms with van der Waals surface area (Å²) in [7, 11) is 0. The van der Waals surface area contributed by atoms with Crippen molar-refractivity contribution in [1.82, 2.24) is 9.88 Å². The Hall–Kier alpha value is -1.92. The van der Waals surface area contributed by atoms with Crippen LogP contribution in [0.3, 0.4) is 0 Å². The molecule has 7 heteroatoms. The first-order chi connectivity index (χ1) is 13.2. The molecule has 2 aromatic rings. The predicted octanol–water partition coefficient (Wildman–Crippen LogP) is 3.58. The molecular weight excluding hydrogens is 382 g/mol. The number of ether oxygens (including phenoxy) is 1. The summed E-state index contributed by atoms with van der Waals surface area (Å²) in [6.45, 7) is 3.00. The van der Waals surface area contributed by atoms with E-state index in [1.165, 1.54) is 0 Å². The maximum atomic E-state index is 12.9. The average Bonchev–Trinajstić information content (AvgIpc) is 3.21. The number of carbonyl (C=O) groups excluding carboxylic acids is 1. The number of aromatic nitrogens is 1. The van der Waals surface area contributed by atoms with Gasteiger partial charge >= 0.3 is 0 Å². The van der Waals surface area contributed by atoms with Crippen LogP contribution in [0.4, 0.5) is 5.69 Å². The molecule has 3 heterocycles. The number of nitrogens with zero attached hydrogens (tertiary/aromatic N) is 3. The molecule has 142 valence electrons. The fourth-order valence-electron chi connectivity index (χ4n) is 3.39. The van der Waals surface area contributed by atoms with Gasteiger partial charge in [-0.25, -0.2) is 4.98 Å². The van der Waals surface area contributed by atoms with Crippen molar-refractivity contribution in [2.75, 3.05) is 42.6 Å². The van der Waals surface area contributed by atoms with Crippen molar-refractivity contribution in [2.24, 2.45) is 0 Å². The van der Waals surface area contributed by atoms with Crippen LogP contribution in [-0.2, 0) is 0 Å². The number of hydrogen-bond acceptors (Lipinski definition) is 5. The Balaban J connectivity index is 1.36. The third-order valence-corrected chi connectivity index (χ3v) is 6.30. The molecule has 2 aliphatic heterocycles. The van der Waals surface area contributed by atoms with Gasteiger partial charge in [0, 0.05) is 60.5 Å². The largest absolute Gasteiger partial charge is 0.473 e. The number of amides is 1. The van der Waals surface area contributed by atoms with Gasteiger partial charge < -0.3 is 14.5 Å². The van der Waals surface area contributed by atoms with E-state index < -0.39 is 0 Å². The van der Waals surface area contributed by atoms with Gasteiger partial charge in [0.1, 0.15) is 6.10 Å². The summed E-state index contributed by atoms with van der Waals surface area (Å²) >= 11 is 7.86. The first-order valence-corrected chi connectivity index (χ1v) is 10.7. The second-order valence-electron chi connectivity index (χ2n) is 6.74. The normalized spacial score (nSPS) is 20.0. The number of pyridine rings is 1. The van der Waals surface area contributed by atoms with E-state index in [-0.39, 0.29) is 12.0 Å². The summed E-state index contributed by atoms with van der Waals surface area (Å²) in [6.07, 6.45) is 2.90. The van der Waals surface area contributed by atoms with E-state index in [0.717, 1.165) is 41.7 Å². The van der Waals surface area contributed by atoms with Gasteiger partial charge in [-0.05, 0) is 42.5 Å². The van der Waals surface area contributed by atoms with Gasteiger partial charge in [0.05, 0.1) is 0 Å². The molecule has 1 unspecified atom stereocenters. The van der Waals surface area contributed by atoms with Crippen LogP contribution in [0.15, 0.2) is 42.6 Å². The van der Waals surface area contributed by atoms with Gasteiger partial charge in [0.15, 0.2) is 0 Å². The second kappa shape index (κ2) is 8.40. The summed E-state index contributed by atoms with van der Waals surface area (Å²) in [5, 5.41) is 0.736. The van der Waals surface area contributed by atoms with Gasteiger partial charge in [-0.2, -0.15) is 11.8 Å². The molecule has 1 aromatic carbocycles. The van der Waals surface area contributed by atoms with Crippen LogP contribution in [0, 0.1) is 0 Å². The number of hydrogen-bond donors (Lipinski definition) is 0. The molecule has 0 spiro atoms. The van der Waals surface area contributed by atoms with Crippen molar-refractivity contribution in [1.29, 1.82) is 0 Å². The van der Waals surface area contributed by atoms with E-state index in [1.54, 1.807) is 18.3 Å². The van der Waals surface area contributed by atoms with Gasteiger partial charge in [-0.3, -0.25) is 4.79 Å².